The molecule has 0 radical (unpaired) electrons. The van der Waals surface area contributed by atoms with E-state index in [1.807, 2.05) is 4.72 Å². The van der Waals surface area contributed by atoms with Crippen LogP contribution in [-0.2, 0) is 14.8 Å². The van der Waals surface area contributed by atoms with Gasteiger partial charge in [0.15, 0.2) is 0 Å². The van der Waals surface area contributed by atoms with Crippen LogP contribution >= 0.6 is 11.6 Å². The van der Waals surface area contributed by atoms with Gasteiger partial charge in [0.25, 0.3) is 15.9 Å². The highest BCUT2D eigenvalue weighted by atomic mass is 35.5. The summed E-state index contributed by atoms with van der Waals surface area (Å²) in [5.41, 5.74) is -0.371. The molecule has 0 aliphatic carbocycles. The smallest absolute Gasteiger partial charge is 0.356 e. The fourth-order valence-electron chi connectivity index (χ4n) is 1.53. The van der Waals surface area contributed by atoms with Gasteiger partial charge < -0.3 is 4.74 Å². The van der Waals surface area contributed by atoms with Crippen LogP contribution in [0.25, 0.3) is 0 Å². The number of nitrogens with one attached hydrogen (secondary N) is 1. The van der Waals surface area contributed by atoms with E-state index in [1.165, 1.54) is 30.3 Å². The minimum Gasteiger partial charge on any atom is -0.464 e. The van der Waals surface area contributed by atoms with E-state index in [9.17, 15) is 18.0 Å². The molecule has 1 amide bonds. The second-order valence-corrected chi connectivity index (χ2v) is 6.22. The van der Waals surface area contributed by atoms with Gasteiger partial charge in [-0.3, -0.25) is 4.79 Å². The number of rotatable bonds is 4. The predicted octanol–water partition coefficient (Wildman–Crippen LogP) is 1.04. The predicted molar refractivity (Wildman–Crippen MR) is 79.5 cm³/mol. The average Bonchev–Trinajstić information content (AvgIpc) is 2.54. The van der Waals surface area contributed by atoms with E-state index in [0.29, 0.717) is 0 Å². The maximum Gasteiger partial charge on any atom is 0.356 e. The Labute approximate surface area is 136 Å². The number of carbonyl (C=O) groups excluding carboxylic acids is 2. The molecule has 23 heavy (non-hydrogen) atoms. The highest BCUT2D eigenvalue weighted by molar-refractivity contribution is 7.90. The van der Waals surface area contributed by atoms with Crippen molar-refractivity contribution in [1.82, 2.24) is 14.7 Å². The Balaban J connectivity index is 2.24. The van der Waals surface area contributed by atoms with E-state index in [-0.39, 0.29) is 21.4 Å². The summed E-state index contributed by atoms with van der Waals surface area (Å²) in [5.74, 6) is -1.74. The van der Waals surface area contributed by atoms with Crippen LogP contribution in [0.4, 0.5) is 0 Å². The van der Waals surface area contributed by atoms with Gasteiger partial charge in [0, 0.05) is 6.20 Å². The summed E-state index contributed by atoms with van der Waals surface area (Å²) in [7, 11) is -2.98. The Morgan fingerprint density at radius 3 is 2.48 bits per heavy atom. The zero-order chi connectivity index (χ0) is 17.0. The van der Waals surface area contributed by atoms with Crippen molar-refractivity contribution in [3.05, 3.63) is 53.1 Å². The van der Waals surface area contributed by atoms with Gasteiger partial charge in [-0.2, -0.15) is 0 Å². The van der Waals surface area contributed by atoms with Crippen molar-refractivity contribution in [3.63, 3.8) is 0 Å². The van der Waals surface area contributed by atoms with Crippen LogP contribution in [0.1, 0.15) is 21.0 Å². The molecule has 2 aromatic heterocycles. The standard InChI is InChI=1S/C13H10ClN3O5S/c1-22-13(19)10-4-2-3-9(16-10)12(18)17-23(20,21)8-5-6-11(14)15-7-8/h2-7H,1H3,(H,17,18). The molecule has 2 heterocycles. The third-order valence-corrected chi connectivity index (χ3v) is 4.15. The van der Waals surface area contributed by atoms with Gasteiger partial charge in [-0.05, 0) is 24.3 Å². The number of esters is 1. The van der Waals surface area contributed by atoms with Crippen LogP contribution in [-0.4, -0.2) is 37.4 Å². The molecule has 0 spiro atoms. The third kappa shape index (κ3) is 4.02. The second kappa shape index (κ2) is 6.71. The molecule has 2 aromatic rings. The van der Waals surface area contributed by atoms with E-state index in [0.717, 1.165) is 13.3 Å². The van der Waals surface area contributed by atoms with Crippen LogP contribution in [0, 0.1) is 0 Å². The zero-order valence-electron chi connectivity index (χ0n) is 11.7. The number of nitrogens with zero attached hydrogens (tertiary/aromatic N) is 2. The molecule has 1 N–H and O–H groups in total. The van der Waals surface area contributed by atoms with Crippen LogP contribution in [0.15, 0.2) is 41.4 Å². The molecule has 0 atom stereocenters. The van der Waals surface area contributed by atoms with Crippen molar-refractivity contribution in [2.24, 2.45) is 0 Å². The first kappa shape index (κ1) is 16.8. The van der Waals surface area contributed by atoms with Crippen molar-refractivity contribution >= 4 is 33.5 Å². The lowest BCUT2D eigenvalue weighted by molar-refractivity contribution is 0.0594. The quantitative estimate of drug-likeness (QED) is 0.643. The molecule has 0 aliphatic rings. The van der Waals surface area contributed by atoms with Gasteiger partial charge in [0.1, 0.15) is 21.4 Å². The van der Waals surface area contributed by atoms with Crippen LogP contribution in [0.3, 0.4) is 0 Å². The van der Waals surface area contributed by atoms with Gasteiger partial charge in [-0.25, -0.2) is 27.9 Å². The summed E-state index contributed by atoms with van der Waals surface area (Å²) in [6, 6.07) is 6.45. The van der Waals surface area contributed by atoms with E-state index in [1.54, 1.807) is 0 Å². The molecule has 0 aliphatic heterocycles. The first-order chi connectivity index (χ1) is 10.8. The molecule has 0 fully saturated rings. The SMILES string of the molecule is COC(=O)c1cccc(C(=O)NS(=O)(=O)c2ccc(Cl)nc2)n1. The average molecular weight is 356 g/mol. The summed E-state index contributed by atoms with van der Waals surface area (Å²) in [4.78, 5) is 30.5. The number of sulfonamides is 1. The van der Waals surface area contributed by atoms with E-state index in [2.05, 4.69) is 14.7 Å². The maximum atomic E-state index is 12.1. The van der Waals surface area contributed by atoms with Crippen LogP contribution < -0.4 is 4.72 Å². The summed E-state index contributed by atoms with van der Waals surface area (Å²) in [6.07, 6.45) is 1.01. The van der Waals surface area contributed by atoms with Crippen molar-refractivity contribution in [1.29, 1.82) is 0 Å². The zero-order valence-corrected chi connectivity index (χ0v) is 13.3. The highest BCUT2D eigenvalue weighted by Crippen LogP contribution is 2.11. The number of amides is 1. The monoisotopic (exact) mass is 355 g/mol. The normalized spacial score (nSPS) is 10.9. The first-order valence-corrected chi connectivity index (χ1v) is 7.93. The van der Waals surface area contributed by atoms with Crippen molar-refractivity contribution in [2.45, 2.75) is 4.90 Å². The molecule has 0 bridgehead atoms. The van der Waals surface area contributed by atoms with Crippen LogP contribution in [0.2, 0.25) is 5.15 Å². The fourth-order valence-corrected chi connectivity index (χ4v) is 2.55. The van der Waals surface area contributed by atoms with Crippen molar-refractivity contribution in [3.8, 4) is 0 Å². The maximum absolute atomic E-state index is 12.1. The van der Waals surface area contributed by atoms with E-state index >= 15 is 0 Å². The lowest BCUT2D eigenvalue weighted by atomic mass is 10.3. The summed E-state index contributed by atoms with van der Waals surface area (Å²) in [6.45, 7) is 0. The number of carbonyl (C=O) groups is 2. The number of aromatic nitrogens is 2. The lowest BCUT2D eigenvalue weighted by Crippen LogP contribution is -2.31. The largest absolute Gasteiger partial charge is 0.464 e. The summed E-state index contributed by atoms with van der Waals surface area (Å²) < 4.78 is 30.4. The number of ether oxygens (including phenoxy) is 1. The molecule has 2 rings (SSSR count). The van der Waals surface area contributed by atoms with E-state index < -0.39 is 21.9 Å². The molecular weight excluding hydrogens is 346 g/mol. The first-order valence-electron chi connectivity index (χ1n) is 6.07. The second-order valence-electron chi connectivity index (χ2n) is 4.15. The third-order valence-electron chi connectivity index (χ3n) is 2.61. The lowest BCUT2D eigenvalue weighted by Gasteiger charge is -2.07. The summed E-state index contributed by atoms with van der Waals surface area (Å²) in [5, 5.41) is 0.114. The van der Waals surface area contributed by atoms with Crippen LogP contribution in [0.5, 0.6) is 0 Å². The Bertz CT molecular complexity index is 852. The molecule has 0 saturated heterocycles. The molecule has 10 heteroatoms. The summed E-state index contributed by atoms with van der Waals surface area (Å²) >= 11 is 5.58. The molecule has 0 unspecified atom stereocenters. The van der Waals surface area contributed by atoms with Crippen molar-refractivity contribution in [2.75, 3.05) is 7.11 Å². The minimum atomic E-state index is -4.14. The topological polar surface area (TPSA) is 115 Å². The minimum absolute atomic E-state index is 0.114. The van der Waals surface area contributed by atoms with Gasteiger partial charge in [-0.1, -0.05) is 17.7 Å². The number of hydrogen-bond donors (Lipinski definition) is 1. The fraction of sp³-hybridized carbons (Fsp3) is 0.0769. The van der Waals surface area contributed by atoms with Gasteiger partial charge >= 0.3 is 5.97 Å². The Morgan fingerprint density at radius 1 is 1.17 bits per heavy atom. The Kier molecular flexibility index (Phi) is 4.92. The molecule has 0 aromatic carbocycles. The molecule has 8 nitrogen and oxygen atoms in total. The van der Waals surface area contributed by atoms with Crippen molar-refractivity contribution < 1.29 is 22.7 Å². The number of methoxy groups -OCH3 is 1. The molecular formula is C13H10ClN3O5S. The van der Waals surface area contributed by atoms with Gasteiger partial charge in [-0.15, -0.1) is 0 Å². The number of pyridine rings is 2. The van der Waals surface area contributed by atoms with Gasteiger partial charge in [0.05, 0.1) is 7.11 Å². The Morgan fingerprint density at radius 2 is 1.87 bits per heavy atom. The Hall–Kier alpha value is -2.52. The number of halogens is 1. The van der Waals surface area contributed by atoms with E-state index in [4.69, 9.17) is 11.6 Å². The number of hydrogen-bond acceptors (Lipinski definition) is 7. The highest BCUT2D eigenvalue weighted by Gasteiger charge is 2.21. The molecule has 0 saturated carbocycles. The molecule has 120 valence electrons. The van der Waals surface area contributed by atoms with Gasteiger partial charge in [0.2, 0.25) is 0 Å².